The van der Waals surface area contributed by atoms with Crippen LogP contribution in [0.15, 0.2) is 42.5 Å². The van der Waals surface area contributed by atoms with Crippen molar-refractivity contribution in [2.24, 2.45) is 0 Å². The molecule has 5 heteroatoms. The fraction of sp³-hybridized carbons (Fsp3) is 0.350. The van der Waals surface area contributed by atoms with Crippen LogP contribution in [0, 0.1) is 6.92 Å². The number of benzene rings is 2. The molecule has 0 saturated heterocycles. The van der Waals surface area contributed by atoms with Crippen LogP contribution in [0.25, 0.3) is 0 Å². The molecule has 134 valence electrons. The molecule has 0 amide bonds. The lowest BCUT2D eigenvalue weighted by Crippen LogP contribution is -2.15. The van der Waals surface area contributed by atoms with E-state index >= 15 is 0 Å². The maximum absolute atomic E-state index is 11.0. The average Bonchev–Trinajstić information content (AvgIpc) is 2.60. The van der Waals surface area contributed by atoms with Crippen molar-refractivity contribution < 1.29 is 19.4 Å². The van der Waals surface area contributed by atoms with E-state index in [0.717, 1.165) is 22.4 Å². The summed E-state index contributed by atoms with van der Waals surface area (Å²) >= 11 is 0. The van der Waals surface area contributed by atoms with Gasteiger partial charge in [-0.1, -0.05) is 24.3 Å². The third kappa shape index (κ3) is 6.21. The molecular formula is C20H25NO4. The van der Waals surface area contributed by atoms with Gasteiger partial charge in [0.1, 0.15) is 12.4 Å². The monoisotopic (exact) mass is 343 g/mol. The second kappa shape index (κ2) is 9.81. The van der Waals surface area contributed by atoms with Gasteiger partial charge < -0.3 is 19.9 Å². The number of rotatable bonds is 10. The molecule has 2 rings (SSSR count). The third-order valence-electron chi connectivity index (χ3n) is 3.73. The minimum atomic E-state index is -0.912. The minimum absolute atomic E-state index is 0.301. The molecule has 0 radical (unpaired) electrons. The van der Waals surface area contributed by atoms with Gasteiger partial charge in [0.2, 0.25) is 0 Å². The Bertz CT molecular complexity index is 700. The van der Waals surface area contributed by atoms with Crippen molar-refractivity contribution in [1.82, 2.24) is 5.32 Å². The van der Waals surface area contributed by atoms with Crippen LogP contribution in [-0.2, 0) is 17.8 Å². The van der Waals surface area contributed by atoms with E-state index in [0.29, 0.717) is 38.5 Å². The molecule has 0 heterocycles. The fourth-order valence-electron chi connectivity index (χ4n) is 2.45. The molecule has 0 fully saturated rings. The number of carboxylic acids is 1. The molecule has 0 aliphatic heterocycles. The van der Waals surface area contributed by atoms with Crippen molar-refractivity contribution in [3.63, 3.8) is 0 Å². The molecule has 0 aliphatic carbocycles. The zero-order chi connectivity index (χ0) is 18.1. The normalized spacial score (nSPS) is 10.6. The van der Waals surface area contributed by atoms with E-state index in [1.165, 1.54) is 0 Å². The lowest BCUT2D eigenvalue weighted by molar-refractivity contribution is 0.0696. The van der Waals surface area contributed by atoms with E-state index < -0.39 is 5.97 Å². The molecule has 0 spiro atoms. The van der Waals surface area contributed by atoms with E-state index in [2.05, 4.69) is 11.4 Å². The van der Waals surface area contributed by atoms with Crippen LogP contribution in [0.5, 0.6) is 5.75 Å². The molecule has 2 aromatic rings. The van der Waals surface area contributed by atoms with Gasteiger partial charge in [0, 0.05) is 25.3 Å². The van der Waals surface area contributed by atoms with Crippen LogP contribution in [0.2, 0.25) is 0 Å². The highest BCUT2D eigenvalue weighted by atomic mass is 16.5. The maximum atomic E-state index is 11.0. The Hall–Kier alpha value is -2.37. The average molecular weight is 343 g/mol. The van der Waals surface area contributed by atoms with E-state index in [-0.39, 0.29) is 0 Å². The van der Waals surface area contributed by atoms with Crippen molar-refractivity contribution in [2.75, 3.05) is 19.8 Å². The Morgan fingerprint density at radius 2 is 1.96 bits per heavy atom. The summed E-state index contributed by atoms with van der Waals surface area (Å²) in [6.45, 7) is 6.99. The molecule has 0 aliphatic rings. The van der Waals surface area contributed by atoms with Gasteiger partial charge in [-0.05, 0) is 43.2 Å². The van der Waals surface area contributed by atoms with Crippen molar-refractivity contribution in [1.29, 1.82) is 0 Å². The molecule has 0 atom stereocenters. The second-order valence-corrected chi connectivity index (χ2v) is 5.77. The third-order valence-corrected chi connectivity index (χ3v) is 3.73. The van der Waals surface area contributed by atoms with Crippen LogP contribution < -0.4 is 10.1 Å². The molecule has 25 heavy (non-hydrogen) atoms. The summed E-state index contributed by atoms with van der Waals surface area (Å²) in [4.78, 5) is 11.0. The van der Waals surface area contributed by atoms with E-state index in [1.54, 1.807) is 18.2 Å². The highest BCUT2D eigenvalue weighted by molar-refractivity contribution is 5.87. The van der Waals surface area contributed by atoms with Crippen molar-refractivity contribution in [2.45, 2.75) is 26.9 Å². The first-order valence-corrected chi connectivity index (χ1v) is 8.43. The lowest BCUT2D eigenvalue weighted by Gasteiger charge is -2.13. The number of hydrogen-bond acceptors (Lipinski definition) is 4. The summed E-state index contributed by atoms with van der Waals surface area (Å²) in [5.74, 6) is -0.0585. The number of aryl methyl sites for hydroxylation is 1. The Morgan fingerprint density at radius 3 is 2.72 bits per heavy atom. The van der Waals surface area contributed by atoms with Crippen LogP contribution in [0.3, 0.4) is 0 Å². The summed E-state index contributed by atoms with van der Waals surface area (Å²) in [6, 6.07) is 13.1. The quantitative estimate of drug-likeness (QED) is 0.647. The Morgan fingerprint density at radius 1 is 1.12 bits per heavy atom. The predicted octanol–water partition coefficient (Wildman–Crippen LogP) is 3.40. The molecular weight excluding hydrogens is 318 g/mol. The van der Waals surface area contributed by atoms with Crippen molar-refractivity contribution in [3.05, 3.63) is 64.7 Å². The standard InChI is InChI=1S/C20H25NO4/c1-3-24-9-10-25-19-11-15(2)7-8-18(19)14-21-13-16-5-4-6-17(12-16)20(22)23/h4-8,11-12,21H,3,9-10,13-14H2,1-2H3,(H,22,23). The van der Waals surface area contributed by atoms with E-state index in [4.69, 9.17) is 14.6 Å². The highest BCUT2D eigenvalue weighted by Crippen LogP contribution is 2.20. The molecule has 2 aromatic carbocycles. The molecule has 0 unspecified atom stereocenters. The summed E-state index contributed by atoms with van der Waals surface area (Å²) < 4.78 is 11.1. The van der Waals surface area contributed by atoms with E-state index in [1.807, 2.05) is 32.0 Å². The van der Waals surface area contributed by atoms with Crippen LogP contribution in [0.1, 0.15) is 34.0 Å². The number of aromatic carboxylic acids is 1. The first-order chi connectivity index (χ1) is 12.1. The summed E-state index contributed by atoms with van der Waals surface area (Å²) in [5, 5.41) is 12.4. The zero-order valence-electron chi connectivity index (χ0n) is 14.7. The molecule has 2 N–H and O–H groups in total. The Kier molecular flexibility index (Phi) is 7.44. The SMILES string of the molecule is CCOCCOc1cc(C)ccc1CNCc1cccc(C(=O)O)c1. The Balaban J connectivity index is 1.93. The van der Waals surface area contributed by atoms with Crippen LogP contribution in [0.4, 0.5) is 0 Å². The van der Waals surface area contributed by atoms with Gasteiger partial charge >= 0.3 is 5.97 Å². The number of hydrogen-bond donors (Lipinski definition) is 2. The van der Waals surface area contributed by atoms with Gasteiger partial charge in [-0.2, -0.15) is 0 Å². The molecule has 5 nitrogen and oxygen atoms in total. The molecule has 0 aromatic heterocycles. The van der Waals surface area contributed by atoms with Crippen molar-refractivity contribution in [3.8, 4) is 5.75 Å². The number of carbonyl (C=O) groups is 1. The van der Waals surface area contributed by atoms with E-state index in [9.17, 15) is 4.79 Å². The van der Waals surface area contributed by atoms with Gasteiger partial charge in [-0.3, -0.25) is 0 Å². The molecule has 0 saturated carbocycles. The smallest absolute Gasteiger partial charge is 0.335 e. The topological polar surface area (TPSA) is 67.8 Å². The van der Waals surface area contributed by atoms with Gasteiger partial charge in [0.25, 0.3) is 0 Å². The number of carboxylic acid groups (broad SMARTS) is 1. The number of nitrogens with one attached hydrogen (secondary N) is 1. The fourth-order valence-corrected chi connectivity index (χ4v) is 2.45. The summed E-state index contributed by atoms with van der Waals surface area (Å²) in [6.07, 6.45) is 0. The first-order valence-electron chi connectivity index (χ1n) is 8.43. The first kappa shape index (κ1) is 19.0. The minimum Gasteiger partial charge on any atom is -0.491 e. The largest absolute Gasteiger partial charge is 0.491 e. The van der Waals surface area contributed by atoms with Gasteiger partial charge in [-0.25, -0.2) is 4.79 Å². The maximum Gasteiger partial charge on any atom is 0.335 e. The second-order valence-electron chi connectivity index (χ2n) is 5.77. The highest BCUT2D eigenvalue weighted by Gasteiger charge is 2.06. The van der Waals surface area contributed by atoms with Crippen molar-refractivity contribution >= 4 is 5.97 Å². The predicted molar refractivity (Wildman–Crippen MR) is 97.1 cm³/mol. The zero-order valence-corrected chi connectivity index (χ0v) is 14.7. The van der Waals surface area contributed by atoms with Gasteiger partial charge in [-0.15, -0.1) is 0 Å². The number of ether oxygens (including phenoxy) is 2. The summed E-state index contributed by atoms with van der Waals surface area (Å²) in [5.41, 5.74) is 3.45. The van der Waals surface area contributed by atoms with Crippen LogP contribution >= 0.6 is 0 Å². The Labute approximate surface area is 148 Å². The summed E-state index contributed by atoms with van der Waals surface area (Å²) in [7, 11) is 0. The molecule has 0 bridgehead atoms. The van der Waals surface area contributed by atoms with Crippen LogP contribution in [-0.4, -0.2) is 30.9 Å². The van der Waals surface area contributed by atoms with Gasteiger partial charge in [0.05, 0.1) is 12.2 Å². The lowest BCUT2D eigenvalue weighted by atomic mass is 10.1. The van der Waals surface area contributed by atoms with Gasteiger partial charge in [0.15, 0.2) is 0 Å².